The smallest absolute Gasteiger partial charge is 0.326 e. The van der Waals surface area contributed by atoms with Crippen molar-refractivity contribution in [1.82, 2.24) is 10.6 Å². The number of nitrogens with one attached hydrogen (secondary N) is 2. The fourth-order valence-electron chi connectivity index (χ4n) is 1.84. The lowest BCUT2D eigenvalue weighted by molar-refractivity contribution is -0.140. The average molecular weight is 344 g/mol. The third-order valence-corrected chi connectivity index (χ3v) is 3.37. The van der Waals surface area contributed by atoms with E-state index < -0.39 is 36.5 Å². The van der Waals surface area contributed by atoms with Gasteiger partial charge in [-0.25, -0.2) is 9.59 Å². The number of carboxylic acid groups (broad SMARTS) is 2. The minimum Gasteiger partial charge on any atom is -0.481 e. The molecule has 0 aromatic heterocycles. The number of ketones is 2. The molecule has 2 atom stereocenters. The summed E-state index contributed by atoms with van der Waals surface area (Å²) in [6.45, 7) is 4.71. The summed E-state index contributed by atoms with van der Waals surface area (Å²) >= 11 is 0. The van der Waals surface area contributed by atoms with Gasteiger partial charge >= 0.3 is 18.0 Å². The molecule has 0 aromatic carbocycles. The number of aliphatic carboxylic acids is 2. The van der Waals surface area contributed by atoms with E-state index >= 15 is 0 Å². The first kappa shape index (κ1) is 21.6. The number of Topliss-reactive ketones (excluding diaryl/α,β-unsaturated/α-hetero) is 2. The van der Waals surface area contributed by atoms with E-state index in [-0.39, 0.29) is 36.7 Å². The van der Waals surface area contributed by atoms with E-state index in [1.807, 2.05) is 0 Å². The maximum Gasteiger partial charge on any atom is 0.326 e. The van der Waals surface area contributed by atoms with Crippen LogP contribution in [0.2, 0.25) is 0 Å². The van der Waals surface area contributed by atoms with Gasteiger partial charge in [0.1, 0.15) is 11.8 Å². The fourth-order valence-corrected chi connectivity index (χ4v) is 1.84. The van der Waals surface area contributed by atoms with Gasteiger partial charge in [-0.1, -0.05) is 13.8 Å². The summed E-state index contributed by atoms with van der Waals surface area (Å²) in [7, 11) is 0. The number of amides is 2. The van der Waals surface area contributed by atoms with Crippen LogP contribution in [-0.2, 0) is 19.2 Å². The van der Waals surface area contributed by atoms with Crippen LogP contribution in [0.4, 0.5) is 4.79 Å². The molecule has 0 spiro atoms. The van der Waals surface area contributed by atoms with E-state index in [0.717, 1.165) is 0 Å². The molecular weight excluding hydrogens is 320 g/mol. The zero-order valence-electron chi connectivity index (χ0n) is 14.0. The van der Waals surface area contributed by atoms with Gasteiger partial charge in [0.2, 0.25) is 0 Å². The molecular formula is C15H24N2O7. The number of hydrogen-bond acceptors (Lipinski definition) is 5. The highest BCUT2D eigenvalue weighted by Gasteiger charge is 2.24. The molecule has 136 valence electrons. The van der Waals surface area contributed by atoms with Gasteiger partial charge in [-0.3, -0.25) is 14.4 Å². The first-order chi connectivity index (χ1) is 11.0. The Morgan fingerprint density at radius 1 is 0.875 bits per heavy atom. The quantitative estimate of drug-likeness (QED) is 0.428. The Morgan fingerprint density at radius 2 is 1.38 bits per heavy atom. The zero-order chi connectivity index (χ0) is 18.9. The van der Waals surface area contributed by atoms with Crippen LogP contribution in [0.25, 0.3) is 0 Å². The molecule has 24 heavy (non-hydrogen) atoms. The standard InChI is InChI=1S/C15H24N2O7/c1-8(2)12(19)6-4-10(9(3)18)16-15(24)17-11(14(22)23)5-7-13(20)21/h8,10-11H,4-7H2,1-3H3,(H,20,21)(H,22,23)(H2,16,17,24)/t10-,11-/m0/s1. The normalized spacial score (nSPS) is 13.0. The second kappa shape index (κ2) is 10.3. The Morgan fingerprint density at radius 3 is 1.79 bits per heavy atom. The second-order valence-corrected chi connectivity index (χ2v) is 5.76. The van der Waals surface area contributed by atoms with Gasteiger partial charge in [0, 0.05) is 18.8 Å². The molecule has 0 fully saturated rings. The predicted molar refractivity (Wildman–Crippen MR) is 83.5 cm³/mol. The number of rotatable bonds is 11. The predicted octanol–water partition coefficient (Wildman–Crippen LogP) is 0.567. The van der Waals surface area contributed by atoms with Gasteiger partial charge < -0.3 is 20.8 Å². The summed E-state index contributed by atoms with van der Waals surface area (Å²) in [5.74, 6) is -3.15. The van der Waals surface area contributed by atoms with Crippen LogP contribution in [0.1, 0.15) is 46.5 Å². The minimum atomic E-state index is -1.38. The third-order valence-electron chi connectivity index (χ3n) is 3.37. The molecule has 0 saturated heterocycles. The number of hydrogen-bond donors (Lipinski definition) is 4. The molecule has 0 unspecified atom stereocenters. The molecule has 9 nitrogen and oxygen atoms in total. The number of urea groups is 1. The monoisotopic (exact) mass is 344 g/mol. The lowest BCUT2D eigenvalue weighted by Crippen LogP contribution is -2.51. The van der Waals surface area contributed by atoms with Crippen molar-refractivity contribution in [1.29, 1.82) is 0 Å². The molecule has 0 aromatic rings. The maximum absolute atomic E-state index is 11.8. The maximum atomic E-state index is 11.8. The van der Waals surface area contributed by atoms with Gasteiger partial charge in [0.25, 0.3) is 0 Å². The summed E-state index contributed by atoms with van der Waals surface area (Å²) in [5.41, 5.74) is 0. The van der Waals surface area contributed by atoms with Crippen molar-refractivity contribution in [2.45, 2.75) is 58.5 Å². The van der Waals surface area contributed by atoms with E-state index in [0.29, 0.717) is 0 Å². The van der Waals surface area contributed by atoms with Crippen molar-refractivity contribution in [2.24, 2.45) is 5.92 Å². The summed E-state index contributed by atoms with van der Waals surface area (Å²) in [6, 6.07) is -3.20. The lowest BCUT2D eigenvalue weighted by atomic mass is 10.00. The van der Waals surface area contributed by atoms with Crippen molar-refractivity contribution in [2.75, 3.05) is 0 Å². The van der Waals surface area contributed by atoms with E-state index in [4.69, 9.17) is 10.2 Å². The zero-order valence-corrected chi connectivity index (χ0v) is 14.0. The summed E-state index contributed by atoms with van der Waals surface area (Å²) in [4.78, 5) is 56.5. The number of carbonyl (C=O) groups is 5. The first-order valence-electron chi connectivity index (χ1n) is 7.59. The SMILES string of the molecule is CC(=O)[C@H](CCC(=O)C(C)C)NC(=O)N[C@@H](CCC(=O)O)C(=O)O. The van der Waals surface area contributed by atoms with Crippen molar-refractivity contribution in [3.05, 3.63) is 0 Å². The number of carboxylic acids is 2. The molecule has 2 amide bonds. The third kappa shape index (κ3) is 8.86. The molecule has 0 bridgehead atoms. The van der Waals surface area contributed by atoms with E-state index in [9.17, 15) is 24.0 Å². The van der Waals surface area contributed by atoms with Gasteiger partial charge in [-0.15, -0.1) is 0 Å². The average Bonchev–Trinajstić information content (AvgIpc) is 2.46. The molecule has 4 N–H and O–H groups in total. The summed E-state index contributed by atoms with van der Waals surface area (Å²) in [6.07, 6.45) is -0.471. The molecule has 0 aliphatic heterocycles. The van der Waals surface area contributed by atoms with Crippen LogP contribution in [0.3, 0.4) is 0 Å². The van der Waals surface area contributed by atoms with Crippen LogP contribution in [-0.4, -0.2) is 51.8 Å². The molecule has 0 heterocycles. The van der Waals surface area contributed by atoms with E-state index in [2.05, 4.69) is 10.6 Å². The van der Waals surface area contributed by atoms with Gasteiger partial charge in [0.15, 0.2) is 5.78 Å². The number of carbonyl (C=O) groups excluding carboxylic acids is 3. The van der Waals surface area contributed by atoms with E-state index in [1.54, 1.807) is 13.8 Å². The highest BCUT2D eigenvalue weighted by Crippen LogP contribution is 2.06. The van der Waals surface area contributed by atoms with Crippen molar-refractivity contribution in [3.63, 3.8) is 0 Å². The van der Waals surface area contributed by atoms with Crippen molar-refractivity contribution >= 4 is 29.5 Å². The van der Waals surface area contributed by atoms with Crippen LogP contribution >= 0.6 is 0 Å². The Kier molecular flexibility index (Phi) is 9.29. The molecule has 0 radical (unpaired) electrons. The van der Waals surface area contributed by atoms with Crippen LogP contribution in [0.15, 0.2) is 0 Å². The van der Waals surface area contributed by atoms with Gasteiger partial charge in [0.05, 0.1) is 6.04 Å². The summed E-state index contributed by atoms with van der Waals surface area (Å²) < 4.78 is 0. The molecule has 0 saturated carbocycles. The van der Waals surface area contributed by atoms with Crippen molar-refractivity contribution in [3.8, 4) is 0 Å². The van der Waals surface area contributed by atoms with Crippen molar-refractivity contribution < 1.29 is 34.2 Å². The molecule has 0 rings (SSSR count). The molecule has 0 aliphatic rings. The lowest BCUT2D eigenvalue weighted by Gasteiger charge is -2.19. The Hall–Kier alpha value is -2.45. The second-order valence-electron chi connectivity index (χ2n) is 5.76. The van der Waals surface area contributed by atoms with Crippen LogP contribution < -0.4 is 10.6 Å². The minimum absolute atomic E-state index is 0.0478. The Bertz CT molecular complexity index is 502. The highest BCUT2D eigenvalue weighted by atomic mass is 16.4. The van der Waals surface area contributed by atoms with Crippen LogP contribution in [0.5, 0.6) is 0 Å². The molecule has 9 heteroatoms. The Balaban J connectivity index is 4.64. The Labute approximate surface area is 139 Å². The van der Waals surface area contributed by atoms with E-state index in [1.165, 1.54) is 6.92 Å². The molecule has 0 aliphatic carbocycles. The first-order valence-corrected chi connectivity index (χ1v) is 7.59. The van der Waals surface area contributed by atoms with Gasteiger partial charge in [-0.05, 0) is 19.8 Å². The highest BCUT2D eigenvalue weighted by molar-refractivity contribution is 5.89. The fraction of sp³-hybridized carbons (Fsp3) is 0.667. The van der Waals surface area contributed by atoms with Gasteiger partial charge in [-0.2, -0.15) is 0 Å². The van der Waals surface area contributed by atoms with Crippen LogP contribution in [0, 0.1) is 5.92 Å². The topological polar surface area (TPSA) is 150 Å². The summed E-state index contributed by atoms with van der Waals surface area (Å²) in [5, 5.41) is 22.0. The largest absolute Gasteiger partial charge is 0.481 e.